The Kier molecular flexibility index (Phi) is 3.95. The van der Waals surface area contributed by atoms with Gasteiger partial charge in [-0.2, -0.15) is 0 Å². The van der Waals surface area contributed by atoms with Crippen LogP contribution in [0.15, 0.2) is 0 Å². The van der Waals surface area contributed by atoms with Crippen molar-refractivity contribution in [1.82, 2.24) is 10.6 Å². The van der Waals surface area contributed by atoms with E-state index < -0.39 is 0 Å². The smallest absolute Gasteiger partial charge is 0.120 e. The van der Waals surface area contributed by atoms with Crippen molar-refractivity contribution in [3.8, 4) is 0 Å². The van der Waals surface area contributed by atoms with Gasteiger partial charge in [-0.3, -0.25) is 0 Å². The zero-order valence-corrected chi connectivity index (χ0v) is 9.87. The highest BCUT2D eigenvalue weighted by Crippen LogP contribution is 2.22. The maximum Gasteiger partial charge on any atom is 0.120 e. The molecule has 1 heterocycles. The van der Waals surface area contributed by atoms with E-state index in [0.29, 0.717) is 18.5 Å². The quantitative estimate of drug-likeness (QED) is 0.599. The Morgan fingerprint density at radius 3 is 2.25 bits per heavy atom. The van der Waals surface area contributed by atoms with Crippen LogP contribution in [0.1, 0.15) is 38.5 Å². The molecule has 2 rings (SSSR count). The molecule has 1 saturated carbocycles. The zero-order chi connectivity index (χ0) is 11.4. The molecular formula is C12H23N3O. The van der Waals surface area contributed by atoms with Crippen molar-refractivity contribution in [2.75, 3.05) is 13.1 Å². The molecule has 0 aromatic carbocycles. The van der Waals surface area contributed by atoms with Crippen LogP contribution in [0.5, 0.6) is 0 Å². The summed E-state index contributed by atoms with van der Waals surface area (Å²) in [5.74, 6) is 0. The van der Waals surface area contributed by atoms with Crippen LogP contribution in [-0.2, 0) is 4.79 Å². The van der Waals surface area contributed by atoms with Gasteiger partial charge in [-0.1, -0.05) is 12.8 Å². The summed E-state index contributed by atoms with van der Waals surface area (Å²) >= 11 is 0. The zero-order valence-electron chi connectivity index (χ0n) is 9.87. The minimum Gasteiger partial charge on any atom is -0.323 e. The molecule has 4 N–H and O–H groups in total. The third-order valence-electron chi connectivity index (χ3n) is 3.96. The Bertz CT molecular complexity index is 228. The monoisotopic (exact) mass is 225 g/mol. The Morgan fingerprint density at radius 1 is 1.19 bits per heavy atom. The van der Waals surface area contributed by atoms with E-state index in [2.05, 4.69) is 10.6 Å². The maximum absolute atomic E-state index is 10.4. The third-order valence-corrected chi connectivity index (χ3v) is 3.96. The number of hydrogen-bond donors (Lipinski definition) is 3. The van der Waals surface area contributed by atoms with Gasteiger partial charge >= 0.3 is 0 Å². The number of fused-ring (bicyclic) bond motifs is 1. The number of rotatable bonds is 3. The van der Waals surface area contributed by atoms with Gasteiger partial charge in [0, 0.05) is 37.1 Å². The molecule has 0 aromatic rings. The van der Waals surface area contributed by atoms with E-state index in [1.165, 1.54) is 25.7 Å². The van der Waals surface area contributed by atoms with Gasteiger partial charge in [0.2, 0.25) is 0 Å². The first-order valence-corrected chi connectivity index (χ1v) is 6.43. The SMILES string of the molecule is NC1(CCC=O)CN[C@@H]2CCCC[C@H]2NC1. The number of aldehydes is 1. The van der Waals surface area contributed by atoms with E-state index in [1.54, 1.807) is 0 Å². The highest BCUT2D eigenvalue weighted by molar-refractivity contribution is 5.49. The number of nitrogens with two attached hydrogens (primary N) is 1. The van der Waals surface area contributed by atoms with Crippen LogP contribution in [0.25, 0.3) is 0 Å². The Hall–Kier alpha value is -0.450. The summed E-state index contributed by atoms with van der Waals surface area (Å²) in [6.07, 6.45) is 7.45. The summed E-state index contributed by atoms with van der Waals surface area (Å²) in [4.78, 5) is 10.4. The van der Waals surface area contributed by atoms with Crippen molar-refractivity contribution in [3.63, 3.8) is 0 Å². The van der Waals surface area contributed by atoms with Crippen molar-refractivity contribution < 1.29 is 4.79 Å². The lowest BCUT2D eigenvalue weighted by Crippen LogP contribution is -2.53. The van der Waals surface area contributed by atoms with Crippen molar-refractivity contribution in [1.29, 1.82) is 0 Å². The van der Waals surface area contributed by atoms with Crippen molar-refractivity contribution in [3.05, 3.63) is 0 Å². The lowest BCUT2D eigenvalue weighted by molar-refractivity contribution is -0.108. The summed E-state index contributed by atoms with van der Waals surface area (Å²) in [5, 5.41) is 7.16. The fourth-order valence-electron chi connectivity index (χ4n) is 2.87. The number of carbonyl (C=O) groups is 1. The molecule has 4 heteroatoms. The molecule has 92 valence electrons. The second-order valence-corrected chi connectivity index (χ2v) is 5.33. The fraction of sp³-hybridized carbons (Fsp3) is 0.917. The molecular weight excluding hydrogens is 202 g/mol. The van der Waals surface area contributed by atoms with Crippen molar-refractivity contribution >= 4 is 6.29 Å². The molecule has 0 aromatic heterocycles. The summed E-state index contributed by atoms with van der Waals surface area (Å²) in [6, 6.07) is 1.16. The largest absolute Gasteiger partial charge is 0.323 e. The third kappa shape index (κ3) is 2.81. The lowest BCUT2D eigenvalue weighted by atomic mass is 9.91. The summed E-state index contributed by atoms with van der Waals surface area (Å²) in [5.41, 5.74) is 6.06. The molecule has 0 bridgehead atoms. The van der Waals surface area contributed by atoms with Crippen molar-refractivity contribution in [2.45, 2.75) is 56.1 Å². The molecule has 1 saturated heterocycles. The van der Waals surface area contributed by atoms with E-state index in [4.69, 9.17) is 5.73 Å². The molecule has 2 fully saturated rings. The molecule has 0 amide bonds. The highest BCUT2D eigenvalue weighted by atomic mass is 16.1. The van der Waals surface area contributed by atoms with Gasteiger partial charge in [-0.25, -0.2) is 0 Å². The normalized spacial score (nSPS) is 33.8. The molecule has 16 heavy (non-hydrogen) atoms. The summed E-state index contributed by atoms with van der Waals surface area (Å²) in [7, 11) is 0. The van der Waals surface area contributed by atoms with E-state index >= 15 is 0 Å². The van der Waals surface area contributed by atoms with Crippen LogP contribution >= 0.6 is 0 Å². The minimum absolute atomic E-state index is 0.252. The molecule has 1 aliphatic heterocycles. The van der Waals surface area contributed by atoms with Crippen LogP contribution in [-0.4, -0.2) is 37.0 Å². The Morgan fingerprint density at radius 2 is 1.75 bits per heavy atom. The summed E-state index contributed by atoms with van der Waals surface area (Å²) in [6.45, 7) is 1.66. The van der Waals surface area contributed by atoms with Gasteiger partial charge in [-0.05, 0) is 19.3 Å². The molecule has 4 nitrogen and oxygen atoms in total. The molecule has 2 atom stereocenters. The van der Waals surface area contributed by atoms with Crippen LogP contribution in [0.3, 0.4) is 0 Å². The van der Waals surface area contributed by atoms with E-state index in [0.717, 1.165) is 25.8 Å². The predicted octanol–water partition coefficient (Wildman–Crippen LogP) is 0.167. The van der Waals surface area contributed by atoms with Gasteiger partial charge in [0.1, 0.15) is 6.29 Å². The van der Waals surface area contributed by atoms with E-state index in [-0.39, 0.29) is 5.54 Å². The lowest BCUT2D eigenvalue weighted by Gasteiger charge is -2.30. The predicted molar refractivity (Wildman–Crippen MR) is 64.3 cm³/mol. The average Bonchev–Trinajstić information content (AvgIpc) is 2.48. The van der Waals surface area contributed by atoms with Crippen LogP contribution in [0, 0.1) is 0 Å². The van der Waals surface area contributed by atoms with E-state index in [1.807, 2.05) is 0 Å². The number of carbonyl (C=O) groups excluding carboxylic acids is 1. The Labute approximate surface area is 97.3 Å². The maximum atomic E-state index is 10.4. The molecule has 0 unspecified atom stereocenters. The molecule has 1 aliphatic carbocycles. The van der Waals surface area contributed by atoms with Crippen LogP contribution in [0.2, 0.25) is 0 Å². The first-order chi connectivity index (χ1) is 7.73. The second-order valence-electron chi connectivity index (χ2n) is 5.33. The first kappa shape index (κ1) is 12.0. The number of nitrogens with one attached hydrogen (secondary N) is 2. The standard InChI is InChI=1S/C12H23N3O/c13-12(6-3-7-16)8-14-10-4-1-2-5-11(10)15-9-12/h7,10-11,14-15H,1-6,8-9,13H2/t10-,11-/m1/s1. The molecule has 2 aliphatic rings. The van der Waals surface area contributed by atoms with Gasteiger partial charge < -0.3 is 21.2 Å². The number of hydrogen-bond acceptors (Lipinski definition) is 4. The van der Waals surface area contributed by atoms with Crippen LogP contribution in [0.4, 0.5) is 0 Å². The van der Waals surface area contributed by atoms with Crippen LogP contribution < -0.4 is 16.4 Å². The minimum atomic E-state index is -0.252. The topological polar surface area (TPSA) is 67.2 Å². The van der Waals surface area contributed by atoms with Gasteiger partial charge in [-0.15, -0.1) is 0 Å². The van der Waals surface area contributed by atoms with Gasteiger partial charge in [0.15, 0.2) is 0 Å². The second kappa shape index (κ2) is 5.25. The van der Waals surface area contributed by atoms with Gasteiger partial charge in [0.05, 0.1) is 0 Å². The highest BCUT2D eigenvalue weighted by Gasteiger charge is 2.34. The molecule has 0 spiro atoms. The van der Waals surface area contributed by atoms with Crippen molar-refractivity contribution in [2.24, 2.45) is 5.73 Å². The Balaban J connectivity index is 1.92. The van der Waals surface area contributed by atoms with E-state index in [9.17, 15) is 4.79 Å². The van der Waals surface area contributed by atoms with Gasteiger partial charge in [0.25, 0.3) is 0 Å². The molecule has 0 radical (unpaired) electrons. The first-order valence-electron chi connectivity index (χ1n) is 6.43. The fourth-order valence-corrected chi connectivity index (χ4v) is 2.87. The average molecular weight is 225 g/mol. The summed E-state index contributed by atoms with van der Waals surface area (Å²) < 4.78 is 0.